The standard InChI is InChI=1S/C23H32N7P/c1-22(2,3)19-18(24-7)21(30(28-19)14-13-25-31)27-26-17-15-11-9-10-12-16(15)29(8)20(17)23(4,5)6/h9-12,25H,13-14,31H2,1-6,8H3/b27-26+. The number of nitrogens with one attached hydrogen (secondary N) is 1. The zero-order valence-electron chi connectivity index (χ0n) is 19.5. The molecule has 1 aromatic carbocycles. The molecule has 1 N–H and O–H groups in total. The summed E-state index contributed by atoms with van der Waals surface area (Å²) >= 11 is 0. The molecule has 164 valence electrons. The Labute approximate surface area is 187 Å². The topological polar surface area (TPSA) is 63.9 Å². The first-order chi connectivity index (χ1) is 14.5. The fraction of sp³-hybridized carbons (Fsp3) is 0.478. The highest BCUT2D eigenvalue weighted by Crippen LogP contribution is 2.43. The SMILES string of the molecule is [C-]#[N+]c1c(C(C)(C)C)nn(CCNP)c1/N=N/c1c(C(C)(C)C)n(C)c2ccccc12. The first-order valence-electron chi connectivity index (χ1n) is 10.4. The molecule has 2 aromatic heterocycles. The average Bonchev–Trinajstić information content (AvgIpc) is 3.19. The van der Waals surface area contributed by atoms with E-state index in [0.717, 1.165) is 28.0 Å². The minimum atomic E-state index is -0.264. The molecule has 2 heterocycles. The van der Waals surface area contributed by atoms with Gasteiger partial charge in [0.25, 0.3) is 5.69 Å². The zero-order valence-corrected chi connectivity index (χ0v) is 20.6. The van der Waals surface area contributed by atoms with Gasteiger partial charge in [-0.15, -0.1) is 10.2 Å². The number of para-hydroxylation sites is 1. The van der Waals surface area contributed by atoms with Gasteiger partial charge >= 0.3 is 0 Å². The van der Waals surface area contributed by atoms with Gasteiger partial charge in [0, 0.05) is 24.4 Å². The molecule has 0 aliphatic rings. The molecule has 7 nitrogen and oxygen atoms in total. The number of aryl methyl sites for hydroxylation is 1. The summed E-state index contributed by atoms with van der Waals surface area (Å²) in [6.07, 6.45) is 0. The fourth-order valence-corrected chi connectivity index (χ4v) is 4.04. The van der Waals surface area contributed by atoms with Crippen LogP contribution in [0.5, 0.6) is 0 Å². The van der Waals surface area contributed by atoms with Gasteiger partial charge in [0.1, 0.15) is 5.69 Å². The van der Waals surface area contributed by atoms with E-state index in [1.807, 2.05) is 12.1 Å². The number of benzene rings is 1. The number of azo groups is 1. The molecule has 0 spiro atoms. The van der Waals surface area contributed by atoms with E-state index in [9.17, 15) is 0 Å². The molecule has 3 aromatic rings. The minimum Gasteiger partial charge on any atom is -0.345 e. The molecule has 1 unspecified atom stereocenters. The van der Waals surface area contributed by atoms with E-state index in [2.05, 4.69) is 89.7 Å². The summed E-state index contributed by atoms with van der Waals surface area (Å²) in [5, 5.41) is 18.2. The van der Waals surface area contributed by atoms with Crippen LogP contribution in [0.2, 0.25) is 0 Å². The highest BCUT2D eigenvalue weighted by atomic mass is 31.0. The summed E-state index contributed by atoms with van der Waals surface area (Å²) in [7, 11) is 4.56. The zero-order chi connectivity index (χ0) is 23.0. The highest BCUT2D eigenvalue weighted by Gasteiger charge is 2.28. The van der Waals surface area contributed by atoms with Crippen LogP contribution in [-0.4, -0.2) is 20.9 Å². The number of hydrogen-bond donors (Lipinski definition) is 1. The summed E-state index contributed by atoms with van der Waals surface area (Å²) in [4.78, 5) is 3.80. The first-order valence-corrected chi connectivity index (χ1v) is 11.0. The van der Waals surface area contributed by atoms with Gasteiger partial charge in [-0.3, -0.25) is 9.77 Å². The summed E-state index contributed by atoms with van der Waals surface area (Å²) < 4.78 is 3.98. The van der Waals surface area contributed by atoms with Crippen LogP contribution in [0.3, 0.4) is 0 Å². The molecule has 31 heavy (non-hydrogen) atoms. The number of aromatic nitrogens is 3. The predicted molar refractivity (Wildman–Crippen MR) is 131 cm³/mol. The van der Waals surface area contributed by atoms with Crippen molar-refractivity contribution in [2.24, 2.45) is 17.3 Å². The van der Waals surface area contributed by atoms with Crippen LogP contribution in [0.1, 0.15) is 52.9 Å². The molecule has 0 bridgehead atoms. The number of nitrogens with zero attached hydrogens (tertiary/aromatic N) is 6. The van der Waals surface area contributed by atoms with Gasteiger partial charge in [0.15, 0.2) is 5.82 Å². The normalized spacial score (nSPS) is 12.7. The summed E-state index contributed by atoms with van der Waals surface area (Å²) in [5.74, 6) is 0.507. The maximum atomic E-state index is 7.80. The maximum Gasteiger partial charge on any atom is 0.255 e. The summed E-state index contributed by atoms with van der Waals surface area (Å²) in [6, 6.07) is 8.23. The lowest BCUT2D eigenvalue weighted by atomic mass is 9.91. The van der Waals surface area contributed by atoms with E-state index in [0.29, 0.717) is 24.6 Å². The van der Waals surface area contributed by atoms with Crippen molar-refractivity contribution >= 4 is 37.5 Å². The lowest BCUT2D eigenvalue weighted by Crippen LogP contribution is -2.16. The third kappa shape index (κ3) is 4.42. The van der Waals surface area contributed by atoms with E-state index in [4.69, 9.17) is 16.8 Å². The predicted octanol–water partition coefficient (Wildman–Crippen LogP) is 6.32. The van der Waals surface area contributed by atoms with Crippen LogP contribution >= 0.6 is 9.39 Å². The molecule has 8 heteroatoms. The maximum absolute atomic E-state index is 7.80. The molecule has 0 saturated heterocycles. The van der Waals surface area contributed by atoms with Crippen LogP contribution in [0.4, 0.5) is 17.2 Å². The van der Waals surface area contributed by atoms with Gasteiger partial charge < -0.3 is 4.57 Å². The van der Waals surface area contributed by atoms with Gasteiger partial charge in [-0.25, -0.2) is 4.85 Å². The Kier molecular flexibility index (Phi) is 6.36. The fourth-order valence-electron chi connectivity index (χ4n) is 3.91. The minimum absolute atomic E-state index is 0.120. The van der Waals surface area contributed by atoms with Crippen molar-refractivity contribution in [2.75, 3.05) is 6.54 Å². The smallest absolute Gasteiger partial charge is 0.255 e. The Morgan fingerprint density at radius 3 is 2.35 bits per heavy atom. The monoisotopic (exact) mass is 437 g/mol. The van der Waals surface area contributed by atoms with E-state index < -0.39 is 0 Å². The molecule has 0 radical (unpaired) electrons. The molecule has 3 rings (SSSR count). The Morgan fingerprint density at radius 1 is 1.10 bits per heavy atom. The van der Waals surface area contributed by atoms with Crippen molar-refractivity contribution < 1.29 is 0 Å². The Bertz CT molecular complexity index is 1160. The van der Waals surface area contributed by atoms with E-state index in [-0.39, 0.29) is 10.8 Å². The molecule has 0 aliphatic carbocycles. The van der Waals surface area contributed by atoms with E-state index in [1.165, 1.54) is 0 Å². The van der Waals surface area contributed by atoms with Gasteiger partial charge in [-0.2, -0.15) is 5.10 Å². The molecular weight excluding hydrogens is 405 g/mol. The van der Waals surface area contributed by atoms with Crippen molar-refractivity contribution in [3.8, 4) is 0 Å². The summed E-state index contributed by atoms with van der Waals surface area (Å²) in [5.41, 5.74) is 3.89. The van der Waals surface area contributed by atoms with Gasteiger partial charge in [-0.05, 0) is 11.5 Å². The Morgan fingerprint density at radius 2 is 1.77 bits per heavy atom. The van der Waals surface area contributed by atoms with Crippen molar-refractivity contribution in [3.63, 3.8) is 0 Å². The van der Waals surface area contributed by atoms with Gasteiger partial charge in [-0.1, -0.05) is 69.1 Å². The second-order valence-corrected chi connectivity index (χ2v) is 10.2. The van der Waals surface area contributed by atoms with Crippen LogP contribution in [0.25, 0.3) is 15.7 Å². The molecule has 0 amide bonds. The van der Waals surface area contributed by atoms with Crippen LogP contribution in [-0.2, 0) is 24.4 Å². The quantitative estimate of drug-likeness (QED) is 0.289. The highest BCUT2D eigenvalue weighted by molar-refractivity contribution is 7.13. The molecule has 0 saturated carbocycles. The second-order valence-electron chi connectivity index (χ2n) is 9.78. The average molecular weight is 438 g/mol. The van der Waals surface area contributed by atoms with Crippen molar-refractivity contribution in [1.29, 1.82) is 0 Å². The van der Waals surface area contributed by atoms with E-state index in [1.54, 1.807) is 4.68 Å². The van der Waals surface area contributed by atoms with Crippen molar-refractivity contribution in [3.05, 3.63) is 47.1 Å². The lowest BCUT2D eigenvalue weighted by Gasteiger charge is -2.20. The Balaban J connectivity index is 2.24. The van der Waals surface area contributed by atoms with Crippen LogP contribution < -0.4 is 5.09 Å². The first kappa shape index (κ1) is 23.1. The lowest BCUT2D eigenvalue weighted by molar-refractivity contribution is 0.533. The van der Waals surface area contributed by atoms with Crippen LogP contribution in [0, 0.1) is 6.57 Å². The number of hydrogen-bond acceptors (Lipinski definition) is 4. The number of rotatable bonds is 5. The van der Waals surface area contributed by atoms with Crippen molar-refractivity contribution in [2.45, 2.75) is 58.9 Å². The number of fused-ring (bicyclic) bond motifs is 1. The van der Waals surface area contributed by atoms with Gasteiger partial charge in [0.2, 0.25) is 0 Å². The summed E-state index contributed by atoms with van der Waals surface area (Å²) in [6.45, 7) is 21.8. The molecule has 0 fully saturated rings. The van der Waals surface area contributed by atoms with E-state index >= 15 is 0 Å². The second kappa shape index (κ2) is 8.53. The third-order valence-corrected chi connectivity index (χ3v) is 5.52. The van der Waals surface area contributed by atoms with Gasteiger partial charge in [0.05, 0.1) is 30.0 Å². The molecule has 0 aliphatic heterocycles. The van der Waals surface area contributed by atoms with Crippen LogP contribution in [0.15, 0.2) is 34.5 Å². The third-order valence-electron chi connectivity index (χ3n) is 5.23. The Hall–Kier alpha value is -2.55. The van der Waals surface area contributed by atoms with Crippen molar-refractivity contribution in [1.82, 2.24) is 19.4 Å². The largest absolute Gasteiger partial charge is 0.345 e. The molecular formula is C23H32N7P. The molecule has 1 atom stereocenters.